The number of thiazole rings is 1. The Morgan fingerprint density at radius 2 is 1.89 bits per heavy atom. The number of pyridine rings is 1. The Morgan fingerprint density at radius 1 is 1.08 bits per heavy atom. The fourth-order valence-corrected chi connectivity index (χ4v) is 6.10. The number of benzene rings is 1. The molecule has 9 nitrogen and oxygen atoms in total. The smallest absolute Gasteiger partial charge is 0.228 e. The number of nitrogens with zero attached hydrogens (tertiary/aromatic N) is 7. The van der Waals surface area contributed by atoms with E-state index in [-0.39, 0.29) is 5.13 Å². The molecule has 1 atom stereocenters. The van der Waals surface area contributed by atoms with Crippen molar-refractivity contribution >= 4 is 49.4 Å². The van der Waals surface area contributed by atoms with Crippen molar-refractivity contribution in [1.82, 2.24) is 30.2 Å². The zero-order valence-electron chi connectivity index (χ0n) is 21.5. The number of hydrogen-bond acceptors (Lipinski definition) is 10. The normalized spacial score (nSPS) is 19.1. The number of aromatic nitrogens is 4. The number of nitrogens with two attached hydrogens (primary N) is 1. The molecule has 6 rings (SSSR count). The molecular formula is C26H31F2N9S. The van der Waals surface area contributed by atoms with Crippen LogP contribution >= 0.6 is 11.3 Å². The van der Waals surface area contributed by atoms with Crippen molar-refractivity contribution in [3.05, 3.63) is 29.7 Å². The molecule has 3 aromatic heterocycles. The van der Waals surface area contributed by atoms with Crippen LogP contribution in [0.2, 0.25) is 0 Å². The lowest BCUT2D eigenvalue weighted by atomic mass is 10.0. The minimum atomic E-state index is -0.782. The molecule has 12 heteroatoms. The third kappa shape index (κ3) is 4.40. The Bertz CT molecular complexity index is 1490. The first-order valence-corrected chi connectivity index (χ1v) is 13.8. The summed E-state index contributed by atoms with van der Waals surface area (Å²) in [5.74, 6) is 0.965. The lowest BCUT2D eigenvalue weighted by Gasteiger charge is -2.36. The Labute approximate surface area is 223 Å². The number of nitrogens with one attached hydrogen (secondary N) is 1. The van der Waals surface area contributed by atoms with Gasteiger partial charge in [-0.1, -0.05) is 18.3 Å². The Morgan fingerprint density at radius 3 is 2.66 bits per heavy atom. The van der Waals surface area contributed by atoms with Gasteiger partial charge in [-0.05, 0) is 25.6 Å². The van der Waals surface area contributed by atoms with Gasteiger partial charge in [0.05, 0.1) is 26.8 Å². The number of fused-ring (bicyclic) bond motifs is 2. The van der Waals surface area contributed by atoms with Crippen LogP contribution < -0.4 is 20.9 Å². The van der Waals surface area contributed by atoms with Crippen LogP contribution in [-0.2, 0) is 6.67 Å². The maximum absolute atomic E-state index is 14.9. The molecule has 2 aliphatic heterocycles. The molecule has 0 aliphatic carbocycles. The summed E-state index contributed by atoms with van der Waals surface area (Å²) in [5.41, 5.74) is 8.12. The van der Waals surface area contributed by atoms with Crippen LogP contribution in [0.5, 0.6) is 0 Å². The van der Waals surface area contributed by atoms with E-state index in [0.29, 0.717) is 49.9 Å². The minimum Gasteiger partial charge on any atom is -0.375 e. The quantitative estimate of drug-likeness (QED) is 0.395. The Hall–Kier alpha value is -3.22. The van der Waals surface area contributed by atoms with Gasteiger partial charge in [-0.15, -0.1) is 0 Å². The van der Waals surface area contributed by atoms with Crippen molar-refractivity contribution in [2.45, 2.75) is 26.1 Å². The molecule has 38 heavy (non-hydrogen) atoms. The Kier molecular flexibility index (Phi) is 6.70. The van der Waals surface area contributed by atoms with Crippen molar-refractivity contribution in [2.24, 2.45) is 0 Å². The molecule has 4 aromatic rings. The predicted molar refractivity (Wildman–Crippen MR) is 149 cm³/mol. The highest BCUT2D eigenvalue weighted by molar-refractivity contribution is 7.22. The highest BCUT2D eigenvalue weighted by atomic mass is 32.1. The van der Waals surface area contributed by atoms with Gasteiger partial charge in [-0.25, -0.2) is 18.7 Å². The van der Waals surface area contributed by atoms with E-state index in [1.54, 1.807) is 12.3 Å². The van der Waals surface area contributed by atoms with Crippen LogP contribution in [0, 0.1) is 5.82 Å². The van der Waals surface area contributed by atoms with Crippen LogP contribution in [-0.4, -0.2) is 83.7 Å². The van der Waals surface area contributed by atoms with E-state index in [9.17, 15) is 8.78 Å². The summed E-state index contributed by atoms with van der Waals surface area (Å²) in [6.07, 6.45) is 2.72. The van der Waals surface area contributed by atoms with Gasteiger partial charge in [0.25, 0.3) is 0 Å². The van der Waals surface area contributed by atoms with E-state index >= 15 is 0 Å². The first kappa shape index (κ1) is 25.1. The summed E-state index contributed by atoms with van der Waals surface area (Å²) in [6.45, 7) is 7.20. The molecule has 1 unspecified atom stereocenters. The summed E-state index contributed by atoms with van der Waals surface area (Å²) in [4.78, 5) is 25.7. The van der Waals surface area contributed by atoms with Crippen LogP contribution in [0.1, 0.15) is 18.9 Å². The largest absolute Gasteiger partial charge is 0.375 e. The average molecular weight is 540 g/mol. The maximum Gasteiger partial charge on any atom is 0.228 e. The lowest BCUT2D eigenvalue weighted by molar-refractivity contribution is 0.311. The zero-order chi connectivity index (χ0) is 26.4. The van der Waals surface area contributed by atoms with Crippen LogP contribution in [0.25, 0.3) is 32.4 Å². The van der Waals surface area contributed by atoms with E-state index in [2.05, 4.69) is 39.0 Å². The van der Waals surface area contributed by atoms with E-state index < -0.39 is 12.5 Å². The van der Waals surface area contributed by atoms with Gasteiger partial charge in [0, 0.05) is 69.2 Å². The van der Waals surface area contributed by atoms with E-state index in [1.165, 1.54) is 6.07 Å². The first-order chi connectivity index (χ1) is 18.5. The van der Waals surface area contributed by atoms with E-state index in [4.69, 9.17) is 20.7 Å². The predicted octanol–water partition coefficient (Wildman–Crippen LogP) is 3.43. The van der Waals surface area contributed by atoms with Crippen LogP contribution in [0.15, 0.2) is 18.3 Å². The SMILES string of the molecule is CCC1CN(c2nc(N3CCN(C)CC3)nc3c(CF)c(-c4ccc(F)c5sc(N)nc45)ncc23)CCN1. The fourth-order valence-electron chi connectivity index (χ4n) is 5.34. The van der Waals surface area contributed by atoms with Gasteiger partial charge in [-0.2, -0.15) is 4.98 Å². The van der Waals surface area contributed by atoms with E-state index in [0.717, 1.165) is 69.4 Å². The third-order valence-electron chi connectivity index (χ3n) is 7.54. The standard InChI is InChI=1S/C26H31F2N9S/c1-3-15-14-37(7-6-30-15)24-18-13-31-20(16-4-5-19(28)23-22(16)32-25(29)38-23)17(12-27)21(18)33-26(34-24)36-10-8-35(2)9-11-36/h4-5,13,15,30H,3,6-12,14H2,1-2H3,(H2,29,32). The molecule has 3 N–H and O–H groups in total. The zero-order valence-corrected chi connectivity index (χ0v) is 22.4. The number of likely N-dealkylation sites (N-methyl/N-ethyl adjacent to an activating group) is 1. The van der Waals surface area contributed by atoms with Crippen LogP contribution in [0.4, 0.5) is 25.7 Å². The second-order valence-electron chi connectivity index (χ2n) is 9.95. The van der Waals surface area contributed by atoms with Crippen LogP contribution in [0.3, 0.4) is 0 Å². The Balaban J connectivity index is 1.56. The molecular weight excluding hydrogens is 508 g/mol. The van der Waals surface area contributed by atoms with Gasteiger partial charge in [0.2, 0.25) is 5.95 Å². The van der Waals surface area contributed by atoms with Crippen molar-refractivity contribution < 1.29 is 8.78 Å². The summed E-state index contributed by atoms with van der Waals surface area (Å²) >= 11 is 1.07. The number of hydrogen-bond donors (Lipinski definition) is 2. The number of alkyl halides is 1. The molecule has 5 heterocycles. The lowest BCUT2D eigenvalue weighted by Crippen LogP contribution is -2.51. The molecule has 0 spiro atoms. The number of halogens is 2. The maximum atomic E-state index is 14.9. The number of rotatable bonds is 5. The molecule has 2 saturated heterocycles. The molecule has 1 aromatic carbocycles. The highest BCUT2D eigenvalue weighted by Crippen LogP contribution is 2.38. The molecule has 200 valence electrons. The van der Waals surface area contributed by atoms with Gasteiger partial charge < -0.3 is 25.8 Å². The van der Waals surface area contributed by atoms with Crippen molar-refractivity contribution in [3.8, 4) is 11.3 Å². The summed E-state index contributed by atoms with van der Waals surface area (Å²) < 4.78 is 29.8. The third-order valence-corrected chi connectivity index (χ3v) is 8.44. The summed E-state index contributed by atoms with van der Waals surface area (Å²) in [7, 11) is 2.10. The number of nitrogen functional groups attached to an aromatic ring is 1. The monoisotopic (exact) mass is 539 g/mol. The fraction of sp³-hybridized carbons (Fsp3) is 0.462. The summed E-state index contributed by atoms with van der Waals surface area (Å²) in [6, 6.07) is 3.29. The topological polar surface area (TPSA) is 99.3 Å². The minimum absolute atomic E-state index is 0.250. The second kappa shape index (κ2) is 10.2. The van der Waals surface area contributed by atoms with E-state index in [1.807, 2.05) is 0 Å². The second-order valence-corrected chi connectivity index (χ2v) is 11.0. The number of piperazine rings is 2. The van der Waals surface area contributed by atoms with Crippen molar-refractivity contribution in [2.75, 3.05) is 68.4 Å². The van der Waals surface area contributed by atoms with Gasteiger partial charge in [0.1, 0.15) is 18.3 Å². The first-order valence-electron chi connectivity index (χ1n) is 13.0. The summed E-state index contributed by atoms with van der Waals surface area (Å²) in [5, 5.41) is 4.52. The molecule has 0 radical (unpaired) electrons. The molecule has 0 amide bonds. The van der Waals surface area contributed by atoms with Gasteiger partial charge in [-0.3, -0.25) is 4.98 Å². The molecule has 2 aliphatic rings. The van der Waals surface area contributed by atoms with Crippen molar-refractivity contribution in [3.63, 3.8) is 0 Å². The molecule has 0 saturated carbocycles. The molecule has 2 fully saturated rings. The van der Waals surface area contributed by atoms with Gasteiger partial charge in [0.15, 0.2) is 5.13 Å². The van der Waals surface area contributed by atoms with Gasteiger partial charge >= 0.3 is 0 Å². The molecule has 0 bridgehead atoms. The highest BCUT2D eigenvalue weighted by Gasteiger charge is 2.27. The number of anilines is 3. The average Bonchev–Trinajstić information content (AvgIpc) is 3.34. The van der Waals surface area contributed by atoms with Crippen molar-refractivity contribution in [1.29, 1.82) is 0 Å².